The lowest BCUT2D eigenvalue weighted by molar-refractivity contribution is -0.128. The van der Waals surface area contributed by atoms with Gasteiger partial charge in [0.05, 0.1) is 15.9 Å². The Morgan fingerprint density at radius 1 is 1.22 bits per heavy atom. The van der Waals surface area contributed by atoms with Gasteiger partial charge in [-0.1, -0.05) is 20.8 Å². The second-order valence-corrected chi connectivity index (χ2v) is 13.5. The normalized spacial score (nSPS) is 26.6. The molecular weight excluding hydrogens is 384 g/mol. The molecule has 2 aliphatic carbocycles. The Hall–Kier alpha value is -0.400. The number of ketones is 2. The van der Waals surface area contributed by atoms with Gasteiger partial charge in [-0.05, 0) is 62.8 Å². The third-order valence-electron chi connectivity index (χ3n) is 6.50. The van der Waals surface area contributed by atoms with Crippen LogP contribution in [0.4, 0.5) is 0 Å². The number of rotatable bonds is 7. The highest BCUT2D eigenvalue weighted by molar-refractivity contribution is 7.98. The van der Waals surface area contributed by atoms with Crippen molar-refractivity contribution in [1.29, 1.82) is 0 Å². The summed E-state index contributed by atoms with van der Waals surface area (Å²) < 4.78 is 32.7. The molecule has 0 spiro atoms. The molecule has 0 aromatic heterocycles. The van der Waals surface area contributed by atoms with E-state index in [1.165, 1.54) is 0 Å². The fraction of sp³-hybridized carbons (Fsp3) is 0.900. The molecule has 0 aliphatic heterocycles. The van der Waals surface area contributed by atoms with Gasteiger partial charge in [0.25, 0.3) is 0 Å². The minimum atomic E-state index is -4.33. The first-order valence-electron chi connectivity index (χ1n) is 9.85. The summed E-state index contributed by atoms with van der Waals surface area (Å²) in [6, 6.07) is 0. The van der Waals surface area contributed by atoms with Gasteiger partial charge in [0, 0.05) is 18.3 Å². The van der Waals surface area contributed by atoms with Crippen molar-refractivity contribution in [1.82, 2.24) is 0 Å². The van der Waals surface area contributed by atoms with Gasteiger partial charge in [0.2, 0.25) is 0 Å². The Kier molecular flexibility index (Phi) is 8.17. The fourth-order valence-electron chi connectivity index (χ4n) is 4.58. The predicted molar refractivity (Wildman–Crippen MR) is 111 cm³/mol. The molecule has 0 N–H and O–H groups in total. The molecule has 2 bridgehead atoms. The standard InChI is InChI=1S/C10H16O4S.C10H21OS/c1-9(2)7-3-4-10(9,8(11)5-7)6-15(12,13)14;1-6-10(11)7-12(8(2)3)9(4)5/h7H,3-6H2,1-2H3,(H,12,13,14);8-9H,6-7H2,1-5H3/q;+1/p-1. The van der Waals surface area contributed by atoms with Gasteiger partial charge < -0.3 is 4.55 Å². The third-order valence-corrected chi connectivity index (χ3v) is 10.4. The van der Waals surface area contributed by atoms with Crippen LogP contribution in [0.15, 0.2) is 0 Å². The van der Waals surface area contributed by atoms with E-state index in [0.29, 0.717) is 46.4 Å². The lowest BCUT2D eigenvalue weighted by Gasteiger charge is -2.37. The molecule has 2 saturated carbocycles. The maximum atomic E-state index is 11.8. The van der Waals surface area contributed by atoms with E-state index in [1.807, 2.05) is 20.8 Å². The molecule has 0 aromatic rings. The molecule has 7 heteroatoms. The van der Waals surface area contributed by atoms with Crippen LogP contribution in [0.5, 0.6) is 0 Å². The van der Waals surface area contributed by atoms with E-state index in [-0.39, 0.29) is 17.1 Å². The lowest BCUT2D eigenvalue weighted by atomic mass is 9.70. The molecule has 27 heavy (non-hydrogen) atoms. The summed E-state index contributed by atoms with van der Waals surface area (Å²) in [5.74, 6) is 0.935. The van der Waals surface area contributed by atoms with Crippen LogP contribution in [0.1, 0.15) is 74.1 Å². The average Bonchev–Trinajstić information content (AvgIpc) is 2.84. The minimum Gasteiger partial charge on any atom is -0.748 e. The maximum Gasteiger partial charge on any atom is 0.181 e. The van der Waals surface area contributed by atoms with Crippen molar-refractivity contribution in [2.24, 2.45) is 16.7 Å². The Morgan fingerprint density at radius 3 is 2.04 bits per heavy atom. The molecule has 5 nitrogen and oxygen atoms in total. The van der Waals surface area contributed by atoms with Crippen LogP contribution < -0.4 is 0 Å². The van der Waals surface area contributed by atoms with Gasteiger partial charge in [-0.2, -0.15) is 0 Å². The summed E-state index contributed by atoms with van der Waals surface area (Å²) in [5, 5.41) is 1.31. The molecule has 2 atom stereocenters. The van der Waals surface area contributed by atoms with Crippen LogP contribution >= 0.6 is 0 Å². The smallest absolute Gasteiger partial charge is 0.181 e. The van der Waals surface area contributed by atoms with Crippen LogP contribution in [-0.2, 0) is 30.6 Å². The van der Waals surface area contributed by atoms with E-state index in [4.69, 9.17) is 0 Å². The highest BCUT2D eigenvalue weighted by Crippen LogP contribution is 2.64. The van der Waals surface area contributed by atoms with E-state index in [9.17, 15) is 22.6 Å². The van der Waals surface area contributed by atoms with Crippen molar-refractivity contribution in [3.63, 3.8) is 0 Å². The lowest BCUT2D eigenvalue weighted by Crippen LogP contribution is -2.42. The van der Waals surface area contributed by atoms with Crippen molar-refractivity contribution in [2.45, 2.75) is 84.6 Å². The van der Waals surface area contributed by atoms with Crippen molar-refractivity contribution < 1.29 is 22.6 Å². The highest BCUT2D eigenvalue weighted by Gasteiger charge is 2.64. The quantitative estimate of drug-likeness (QED) is 0.465. The van der Waals surface area contributed by atoms with Crippen LogP contribution in [-0.4, -0.2) is 46.5 Å². The van der Waals surface area contributed by atoms with Crippen molar-refractivity contribution >= 4 is 32.6 Å². The molecule has 158 valence electrons. The summed E-state index contributed by atoms with van der Waals surface area (Å²) in [4.78, 5) is 23.1. The monoisotopic (exact) mass is 420 g/mol. The van der Waals surface area contributed by atoms with Crippen molar-refractivity contribution in [2.75, 3.05) is 11.5 Å². The zero-order valence-corrected chi connectivity index (χ0v) is 19.5. The van der Waals surface area contributed by atoms with Gasteiger partial charge in [-0.3, -0.25) is 9.59 Å². The van der Waals surface area contributed by atoms with Crippen LogP contribution in [0, 0.1) is 16.7 Å². The van der Waals surface area contributed by atoms with E-state index in [0.717, 1.165) is 12.2 Å². The third kappa shape index (κ3) is 5.57. The molecule has 0 radical (unpaired) electrons. The summed E-state index contributed by atoms with van der Waals surface area (Å²) in [6.45, 7) is 14.6. The molecule has 0 amide bonds. The molecular formula is C20H36O5S2. The summed E-state index contributed by atoms with van der Waals surface area (Å²) in [7, 11) is -4.03. The number of Topliss-reactive ketones (excluding diaryl/α,β-unsaturated/α-hetero) is 2. The maximum absolute atomic E-state index is 11.8. The Labute approximate surface area is 168 Å². The predicted octanol–water partition coefficient (Wildman–Crippen LogP) is 3.33. The van der Waals surface area contributed by atoms with Gasteiger partial charge in [-0.15, -0.1) is 0 Å². The topological polar surface area (TPSA) is 91.3 Å². The highest BCUT2D eigenvalue weighted by atomic mass is 32.2. The van der Waals surface area contributed by atoms with Gasteiger partial charge in [0.15, 0.2) is 11.5 Å². The van der Waals surface area contributed by atoms with E-state index in [2.05, 4.69) is 27.7 Å². The largest absolute Gasteiger partial charge is 0.748 e. The minimum absolute atomic E-state index is 0.0248. The van der Waals surface area contributed by atoms with Gasteiger partial charge >= 0.3 is 0 Å². The van der Waals surface area contributed by atoms with Crippen LogP contribution in [0.2, 0.25) is 0 Å². The summed E-state index contributed by atoms with van der Waals surface area (Å²) in [5.41, 5.74) is -1.22. The second kappa shape index (κ2) is 8.95. The zero-order chi connectivity index (χ0) is 21.2. The molecule has 0 aromatic carbocycles. The fourth-order valence-corrected chi connectivity index (χ4v) is 8.19. The van der Waals surface area contributed by atoms with Crippen LogP contribution in [0.25, 0.3) is 0 Å². The Bertz CT molecular complexity index is 643. The van der Waals surface area contributed by atoms with Crippen molar-refractivity contribution in [3.8, 4) is 0 Å². The number of carbonyl (C=O) groups excluding carboxylic acids is 2. The Balaban J connectivity index is 0.000000279. The number of carbonyl (C=O) groups is 2. The number of fused-ring (bicyclic) bond motifs is 2. The molecule has 0 saturated heterocycles. The summed E-state index contributed by atoms with van der Waals surface area (Å²) >= 11 is 0. The Morgan fingerprint density at radius 2 is 1.74 bits per heavy atom. The molecule has 2 rings (SSSR count). The van der Waals surface area contributed by atoms with E-state index >= 15 is 0 Å². The first-order valence-corrected chi connectivity index (χ1v) is 12.9. The summed E-state index contributed by atoms with van der Waals surface area (Å²) in [6.07, 6.45) is 2.57. The first kappa shape index (κ1) is 24.6. The average molecular weight is 421 g/mol. The number of hydrogen-bond donors (Lipinski definition) is 0. The van der Waals surface area contributed by atoms with Crippen molar-refractivity contribution in [3.05, 3.63) is 0 Å². The molecule has 2 aliphatic rings. The first-order chi connectivity index (χ1) is 12.2. The number of hydrogen-bond acceptors (Lipinski definition) is 5. The van der Waals surface area contributed by atoms with Gasteiger partial charge in [0.1, 0.15) is 16.3 Å². The van der Waals surface area contributed by atoms with Crippen LogP contribution in [0.3, 0.4) is 0 Å². The van der Waals surface area contributed by atoms with E-state index in [1.54, 1.807) is 0 Å². The van der Waals surface area contributed by atoms with E-state index < -0.39 is 21.3 Å². The van der Waals surface area contributed by atoms with Gasteiger partial charge in [-0.25, -0.2) is 8.42 Å². The molecule has 2 fully saturated rings. The SMILES string of the molecule is CC1(C)C2CCC1(CS(=O)(=O)[O-])C(=O)C2.CCC(=O)C[S+](C(C)C)C(C)C. The zero-order valence-electron chi connectivity index (χ0n) is 17.8. The molecule has 2 unspecified atom stereocenters. The molecule has 0 heterocycles. The second-order valence-electron chi connectivity index (χ2n) is 8.97.